The van der Waals surface area contributed by atoms with Gasteiger partial charge in [-0.2, -0.15) is 0 Å². The second kappa shape index (κ2) is 7.94. The van der Waals surface area contributed by atoms with Crippen LogP contribution < -0.4 is 5.32 Å². The molecule has 4 nitrogen and oxygen atoms in total. The number of ether oxygens (including phenoxy) is 1. The lowest BCUT2D eigenvalue weighted by Crippen LogP contribution is -2.44. The van der Waals surface area contributed by atoms with Crippen molar-refractivity contribution in [1.82, 2.24) is 15.2 Å². The topological polar surface area (TPSA) is 37.4 Å². The molecule has 1 aliphatic rings. The van der Waals surface area contributed by atoms with E-state index in [9.17, 15) is 0 Å². The number of aryl methyl sites for hydroxylation is 1. The lowest BCUT2D eigenvalue weighted by atomic mass is 10.2. The van der Waals surface area contributed by atoms with Crippen molar-refractivity contribution in [3.63, 3.8) is 0 Å². The Morgan fingerprint density at radius 1 is 1.58 bits per heavy atom. The van der Waals surface area contributed by atoms with Gasteiger partial charge in [0.25, 0.3) is 0 Å². The third-order valence-electron chi connectivity index (χ3n) is 3.36. The van der Waals surface area contributed by atoms with Crippen molar-refractivity contribution < 1.29 is 4.74 Å². The Hall–Kier alpha value is -0.490. The number of morpholine rings is 1. The highest BCUT2D eigenvalue weighted by Gasteiger charge is 2.16. The molecule has 1 saturated heterocycles. The van der Waals surface area contributed by atoms with Crippen molar-refractivity contribution in [2.45, 2.75) is 38.8 Å². The molecule has 2 heterocycles. The fourth-order valence-electron chi connectivity index (χ4n) is 2.22. The minimum atomic E-state index is 0.317. The molecule has 1 unspecified atom stereocenters. The van der Waals surface area contributed by atoms with Crippen LogP contribution in [0.1, 0.15) is 30.5 Å². The number of likely N-dealkylation sites (N-methyl/N-ethyl adjacent to an activating group) is 1. The van der Waals surface area contributed by atoms with Gasteiger partial charge in [-0.05, 0) is 19.9 Å². The molecular weight excluding hydrogens is 258 g/mol. The highest BCUT2D eigenvalue weighted by Crippen LogP contribution is 2.12. The van der Waals surface area contributed by atoms with E-state index in [0.29, 0.717) is 6.10 Å². The summed E-state index contributed by atoms with van der Waals surface area (Å²) in [5, 5.41) is 6.90. The van der Waals surface area contributed by atoms with Crippen LogP contribution in [-0.4, -0.2) is 49.3 Å². The molecule has 1 fully saturated rings. The Kier molecular flexibility index (Phi) is 6.23. The number of rotatable bonds is 7. The summed E-state index contributed by atoms with van der Waals surface area (Å²) in [4.78, 5) is 6.97. The normalized spacial score (nSPS) is 20.8. The van der Waals surface area contributed by atoms with Crippen LogP contribution in [0.25, 0.3) is 0 Å². The number of unbranched alkanes of at least 4 members (excludes halogenated alkanes) is 1. The molecule has 0 bridgehead atoms. The van der Waals surface area contributed by atoms with Crippen LogP contribution in [0, 0.1) is 0 Å². The Morgan fingerprint density at radius 3 is 3.26 bits per heavy atom. The van der Waals surface area contributed by atoms with Crippen LogP contribution in [0.15, 0.2) is 5.38 Å². The summed E-state index contributed by atoms with van der Waals surface area (Å²) in [5.41, 5.74) is 1.17. The first-order valence-corrected chi connectivity index (χ1v) is 8.10. The van der Waals surface area contributed by atoms with E-state index in [-0.39, 0.29) is 0 Å². The molecule has 0 aromatic carbocycles. The zero-order valence-corrected chi connectivity index (χ0v) is 12.8. The fraction of sp³-hybridized carbons (Fsp3) is 0.786. The lowest BCUT2D eigenvalue weighted by molar-refractivity contribution is -0.0182. The standard InChI is InChI=1S/C14H25N3OS/c1-3-4-5-14-16-12(11-19-14)8-15-9-13-10-17(2)6-7-18-13/h11,13,15H,3-10H2,1-2H3. The maximum atomic E-state index is 5.72. The molecular formula is C14H25N3OS. The molecule has 1 aliphatic heterocycles. The van der Waals surface area contributed by atoms with E-state index < -0.39 is 0 Å². The van der Waals surface area contributed by atoms with Gasteiger partial charge in [-0.25, -0.2) is 4.98 Å². The van der Waals surface area contributed by atoms with Gasteiger partial charge in [0, 0.05) is 31.6 Å². The van der Waals surface area contributed by atoms with E-state index >= 15 is 0 Å². The molecule has 1 aromatic heterocycles. The van der Waals surface area contributed by atoms with Crippen LogP contribution in [0.3, 0.4) is 0 Å². The number of nitrogens with zero attached hydrogens (tertiary/aromatic N) is 2. The molecule has 1 aromatic rings. The largest absolute Gasteiger partial charge is 0.374 e. The molecule has 1 N–H and O–H groups in total. The van der Waals surface area contributed by atoms with Gasteiger partial charge in [-0.3, -0.25) is 0 Å². The number of thiazole rings is 1. The van der Waals surface area contributed by atoms with E-state index in [1.165, 1.54) is 23.5 Å². The molecule has 5 heteroatoms. The smallest absolute Gasteiger partial charge is 0.0928 e. The Balaban J connectivity index is 1.66. The predicted molar refractivity (Wildman–Crippen MR) is 79.7 cm³/mol. The summed E-state index contributed by atoms with van der Waals surface area (Å²) in [6.07, 6.45) is 3.91. The minimum Gasteiger partial charge on any atom is -0.374 e. The number of hydrogen-bond donors (Lipinski definition) is 1. The van der Waals surface area contributed by atoms with Crippen LogP contribution in [0.2, 0.25) is 0 Å². The van der Waals surface area contributed by atoms with Crippen molar-refractivity contribution >= 4 is 11.3 Å². The summed E-state index contributed by atoms with van der Waals surface area (Å²) >= 11 is 1.79. The van der Waals surface area contributed by atoms with Gasteiger partial charge in [-0.1, -0.05) is 13.3 Å². The summed E-state index contributed by atoms with van der Waals surface area (Å²) in [6, 6.07) is 0. The molecule has 108 valence electrons. The molecule has 0 saturated carbocycles. The third-order valence-corrected chi connectivity index (χ3v) is 4.32. The molecule has 2 rings (SSSR count). The molecule has 0 amide bonds. The summed E-state index contributed by atoms with van der Waals surface area (Å²) in [6.45, 7) is 6.89. The average Bonchev–Trinajstić information content (AvgIpc) is 2.84. The Morgan fingerprint density at radius 2 is 2.47 bits per heavy atom. The first-order valence-electron chi connectivity index (χ1n) is 7.22. The van der Waals surface area contributed by atoms with Crippen molar-refractivity contribution in [2.75, 3.05) is 33.3 Å². The van der Waals surface area contributed by atoms with E-state index in [1.54, 1.807) is 11.3 Å². The van der Waals surface area contributed by atoms with Crippen molar-refractivity contribution in [3.8, 4) is 0 Å². The van der Waals surface area contributed by atoms with Gasteiger partial charge >= 0.3 is 0 Å². The van der Waals surface area contributed by atoms with E-state index in [0.717, 1.165) is 39.2 Å². The van der Waals surface area contributed by atoms with Crippen LogP contribution in [0.4, 0.5) is 0 Å². The van der Waals surface area contributed by atoms with Crippen molar-refractivity contribution in [1.29, 1.82) is 0 Å². The first-order chi connectivity index (χ1) is 9.28. The van der Waals surface area contributed by atoms with Gasteiger partial charge < -0.3 is 15.0 Å². The van der Waals surface area contributed by atoms with Crippen LogP contribution in [0.5, 0.6) is 0 Å². The summed E-state index contributed by atoms with van der Waals surface area (Å²) in [7, 11) is 2.15. The average molecular weight is 283 g/mol. The van der Waals surface area contributed by atoms with Gasteiger partial charge in [0.1, 0.15) is 0 Å². The van der Waals surface area contributed by atoms with E-state index in [4.69, 9.17) is 4.74 Å². The Bertz CT molecular complexity index is 369. The Labute approximate surface area is 120 Å². The van der Waals surface area contributed by atoms with Crippen LogP contribution >= 0.6 is 11.3 Å². The SMILES string of the molecule is CCCCc1nc(CNCC2CN(C)CCO2)cs1. The van der Waals surface area contributed by atoms with Crippen molar-refractivity contribution in [3.05, 3.63) is 16.1 Å². The number of aromatic nitrogens is 1. The molecule has 1 atom stereocenters. The highest BCUT2D eigenvalue weighted by molar-refractivity contribution is 7.09. The monoisotopic (exact) mass is 283 g/mol. The van der Waals surface area contributed by atoms with Gasteiger partial charge in [0.15, 0.2) is 0 Å². The molecule has 19 heavy (non-hydrogen) atoms. The maximum Gasteiger partial charge on any atom is 0.0928 e. The van der Waals surface area contributed by atoms with Crippen LogP contribution in [-0.2, 0) is 17.7 Å². The predicted octanol–water partition coefficient (Wildman–Crippen LogP) is 1.91. The van der Waals surface area contributed by atoms with Gasteiger partial charge in [0.2, 0.25) is 0 Å². The first kappa shape index (κ1) is 14.9. The lowest BCUT2D eigenvalue weighted by Gasteiger charge is -2.30. The van der Waals surface area contributed by atoms with E-state index in [2.05, 4.69) is 34.6 Å². The second-order valence-corrected chi connectivity index (χ2v) is 6.16. The van der Waals surface area contributed by atoms with E-state index in [1.807, 2.05) is 0 Å². The zero-order chi connectivity index (χ0) is 13.5. The van der Waals surface area contributed by atoms with Crippen molar-refractivity contribution in [2.24, 2.45) is 0 Å². The minimum absolute atomic E-state index is 0.317. The van der Waals surface area contributed by atoms with Gasteiger partial charge in [0.05, 0.1) is 23.4 Å². The highest BCUT2D eigenvalue weighted by atomic mass is 32.1. The summed E-state index contributed by atoms with van der Waals surface area (Å²) in [5.74, 6) is 0. The third kappa shape index (κ3) is 5.18. The molecule has 0 spiro atoms. The molecule has 0 aliphatic carbocycles. The fourth-order valence-corrected chi connectivity index (χ4v) is 3.06. The quantitative estimate of drug-likeness (QED) is 0.829. The zero-order valence-electron chi connectivity index (χ0n) is 12.0. The number of hydrogen-bond acceptors (Lipinski definition) is 5. The summed E-state index contributed by atoms with van der Waals surface area (Å²) < 4.78 is 5.72. The second-order valence-electron chi connectivity index (χ2n) is 5.22. The molecule has 0 radical (unpaired) electrons. The number of nitrogens with one attached hydrogen (secondary N) is 1. The maximum absolute atomic E-state index is 5.72. The van der Waals surface area contributed by atoms with Gasteiger partial charge in [-0.15, -0.1) is 11.3 Å².